The molecular weight excluding hydrogens is 442 g/mol. The van der Waals surface area contributed by atoms with Gasteiger partial charge in [-0.05, 0) is 62.7 Å². The maximum atomic E-state index is 12.7. The summed E-state index contributed by atoms with van der Waals surface area (Å²) in [4.78, 5) is 19.8. The number of aromatic nitrogens is 1. The largest absolute Gasteiger partial charge is 0.493 e. The molecule has 2 heterocycles. The van der Waals surface area contributed by atoms with Crippen molar-refractivity contribution in [1.82, 2.24) is 15.2 Å². The summed E-state index contributed by atoms with van der Waals surface area (Å²) in [6.07, 6.45) is 2.64. The third kappa shape index (κ3) is 5.68. The third-order valence-electron chi connectivity index (χ3n) is 5.62. The Morgan fingerprint density at radius 2 is 2.03 bits per heavy atom. The number of benzene rings is 2. The summed E-state index contributed by atoms with van der Waals surface area (Å²) < 4.78 is 5.72. The summed E-state index contributed by atoms with van der Waals surface area (Å²) in [6, 6.07) is 15.9. The van der Waals surface area contributed by atoms with Gasteiger partial charge in [0.25, 0.3) is 0 Å². The molecule has 3 aromatic rings. The second-order valence-electron chi connectivity index (χ2n) is 7.87. The van der Waals surface area contributed by atoms with E-state index in [1.165, 1.54) is 24.2 Å². The number of hydrogen-bond acceptors (Lipinski definition) is 5. The lowest BCUT2D eigenvalue weighted by Crippen LogP contribution is -2.37. The molecule has 2 aromatic carbocycles. The van der Waals surface area contributed by atoms with E-state index in [9.17, 15) is 4.79 Å². The standard InChI is InChI=1S/C25H28ClN3O2S/c1-2-31-23-11-4-3-10-21(23)25-28-20(17-32-25)15-24(30)27-16-22(29-12-5-6-13-29)18-8-7-9-19(26)14-18/h3-4,7-11,14,17,22H,2,5-6,12-13,15-16H2,1H3,(H,27,30). The third-order valence-corrected chi connectivity index (χ3v) is 6.78. The molecule has 1 amide bonds. The number of halogens is 1. The average molecular weight is 470 g/mol. The van der Waals surface area contributed by atoms with Crippen LogP contribution in [0.4, 0.5) is 0 Å². The Labute approximate surface area is 198 Å². The number of thiazole rings is 1. The van der Waals surface area contributed by atoms with E-state index in [-0.39, 0.29) is 18.4 Å². The molecule has 1 fully saturated rings. The lowest BCUT2D eigenvalue weighted by atomic mass is 10.1. The van der Waals surface area contributed by atoms with Crippen LogP contribution in [0, 0.1) is 0 Å². The Morgan fingerprint density at radius 3 is 2.81 bits per heavy atom. The Hall–Kier alpha value is -2.41. The van der Waals surface area contributed by atoms with Gasteiger partial charge in [-0.25, -0.2) is 4.98 Å². The zero-order chi connectivity index (χ0) is 22.3. The van der Waals surface area contributed by atoms with E-state index in [1.54, 1.807) is 0 Å². The highest BCUT2D eigenvalue weighted by molar-refractivity contribution is 7.13. The highest BCUT2D eigenvalue weighted by atomic mass is 35.5. The number of carbonyl (C=O) groups excluding carboxylic acids is 1. The minimum Gasteiger partial charge on any atom is -0.493 e. The first kappa shape index (κ1) is 22.8. The summed E-state index contributed by atoms with van der Waals surface area (Å²) in [5.74, 6) is 0.793. The highest BCUT2D eigenvalue weighted by Crippen LogP contribution is 2.32. The van der Waals surface area contributed by atoms with Gasteiger partial charge in [-0.15, -0.1) is 11.3 Å². The van der Waals surface area contributed by atoms with Crippen molar-refractivity contribution in [3.8, 4) is 16.3 Å². The summed E-state index contributed by atoms with van der Waals surface area (Å²) in [5, 5.41) is 6.66. The predicted octanol–water partition coefficient (Wildman–Crippen LogP) is 5.36. The second-order valence-corrected chi connectivity index (χ2v) is 9.16. The number of hydrogen-bond donors (Lipinski definition) is 1. The van der Waals surface area contributed by atoms with Crippen molar-refractivity contribution < 1.29 is 9.53 Å². The predicted molar refractivity (Wildman–Crippen MR) is 130 cm³/mol. The van der Waals surface area contributed by atoms with E-state index in [0.717, 1.165) is 45.7 Å². The van der Waals surface area contributed by atoms with Crippen molar-refractivity contribution in [2.75, 3.05) is 26.2 Å². The molecule has 0 bridgehead atoms. The van der Waals surface area contributed by atoms with Gasteiger partial charge in [0.05, 0.1) is 30.3 Å². The average Bonchev–Trinajstić information content (AvgIpc) is 3.47. The molecule has 1 aliphatic rings. The fraction of sp³-hybridized carbons (Fsp3) is 0.360. The van der Waals surface area contributed by atoms with Crippen LogP contribution in [0.1, 0.15) is 37.1 Å². The number of carbonyl (C=O) groups is 1. The normalized spacial score (nSPS) is 14.9. The molecule has 32 heavy (non-hydrogen) atoms. The molecule has 1 saturated heterocycles. The lowest BCUT2D eigenvalue weighted by molar-refractivity contribution is -0.120. The number of likely N-dealkylation sites (tertiary alicyclic amines) is 1. The molecule has 0 aliphatic carbocycles. The van der Waals surface area contributed by atoms with Gasteiger partial charge >= 0.3 is 0 Å². The fourth-order valence-electron chi connectivity index (χ4n) is 4.10. The molecule has 5 nitrogen and oxygen atoms in total. The topological polar surface area (TPSA) is 54.5 Å². The molecule has 7 heteroatoms. The zero-order valence-corrected chi connectivity index (χ0v) is 19.8. The van der Waals surface area contributed by atoms with Gasteiger partial charge in [0.2, 0.25) is 5.91 Å². The smallest absolute Gasteiger partial charge is 0.226 e. The van der Waals surface area contributed by atoms with Gasteiger partial charge in [0.15, 0.2) is 0 Å². The second kappa shape index (κ2) is 10.9. The zero-order valence-electron chi connectivity index (χ0n) is 18.2. The molecular formula is C25H28ClN3O2S. The molecule has 1 N–H and O–H groups in total. The number of amides is 1. The molecule has 1 aromatic heterocycles. The van der Waals surface area contributed by atoms with Crippen LogP contribution in [0.3, 0.4) is 0 Å². The number of nitrogens with zero attached hydrogens (tertiary/aromatic N) is 2. The molecule has 0 radical (unpaired) electrons. The molecule has 1 atom stereocenters. The van der Waals surface area contributed by atoms with Gasteiger partial charge in [0, 0.05) is 16.9 Å². The first-order valence-corrected chi connectivity index (χ1v) is 12.3. The lowest BCUT2D eigenvalue weighted by Gasteiger charge is -2.28. The monoisotopic (exact) mass is 469 g/mol. The quantitative estimate of drug-likeness (QED) is 0.458. The van der Waals surface area contributed by atoms with E-state index < -0.39 is 0 Å². The van der Waals surface area contributed by atoms with Crippen LogP contribution < -0.4 is 10.1 Å². The van der Waals surface area contributed by atoms with Crippen molar-refractivity contribution >= 4 is 28.8 Å². The SMILES string of the molecule is CCOc1ccccc1-c1nc(CC(=O)NCC(c2cccc(Cl)c2)N2CCCC2)cs1. The Kier molecular flexibility index (Phi) is 7.79. The fourth-order valence-corrected chi connectivity index (χ4v) is 5.15. The minimum atomic E-state index is -0.0221. The van der Waals surface area contributed by atoms with Crippen molar-refractivity contribution in [3.63, 3.8) is 0 Å². The van der Waals surface area contributed by atoms with Crippen LogP contribution in [-0.2, 0) is 11.2 Å². The van der Waals surface area contributed by atoms with E-state index >= 15 is 0 Å². The first-order chi connectivity index (χ1) is 15.6. The number of para-hydroxylation sites is 1. The van der Waals surface area contributed by atoms with Crippen LogP contribution >= 0.6 is 22.9 Å². The Balaban J connectivity index is 1.40. The van der Waals surface area contributed by atoms with Gasteiger partial charge in [-0.1, -0.05) is 35.9 Å². The van der Waals surface area contributed by atoms with Gasteiger partial charge in [-0.3, -0.25) is 9.69 Å². The van der Waals surface area contributed by atoms with Crippen LogP contribution in [0.15, 0.2) is 53.9 Å². The number of nitrogens with one attached hydrogen (secondary N) is 1. The van der Waals surface area contributed by atoms with Crippen molar-refractivity contribution in [1.29, 1.82) is 0 Å². The van der Waals surface area contributed by atoms with E-state index in [0.29, 0.717) is 13.2 Å². The van der Waals surface area contributed by atoms with E-state index in [4.69, 9.17) is 16.3 Å². The Bertz CT molecular complexity index is 1050. The van der Waals surface area contributed by atoms with Crippen LogP contribution in [0.2, 0.25) is 5.02 Å². The summed E-state index contributed by atoms with van der Waals surface area (Å²) >= 11 is 7.76. The summed E-state index contributed by atoms with van der Waals surface area (Å²) in [5.41, 5.74) is 2.87. The number of ether oxygens (including phenoxy) is 1. The molecule has 0 spiro atoms. The van der Waals surface area contributed by atoms with Gasteiger partial charge in [-0.2, -0.15) is 0 Å². The Morgan fingerprint density at radius 1 is 1.22 bits per heavy atom. The maximum absolute atomic E-state index is 12.7. The molecule has 0 saturated carbocycles. The van der Waals surface area contributed by atoms with Crippen molar-refractivity contribution in [2.24, 2.45) is 0 Å². The summed E-state index contributed by atoms with van der Waals surface area (Å²) in [7, 11) is 0. The minimum absolute atomic E-state index is 0.0221. The van der Waals surface area contributed by atoms with Crippen LogP contribution in [0.5, 0.6) is 5.75 Å². The molecule has 1 aliphatic heterocycles. The van der Waals surface area contributed by atoms with Gasteiger partial charge < -0.3 is 10.1 Å². The summed E-state index contributed by atoms with van der Waals surface area (Å²) in [6.45, 7) is 5.21. The molecule has 4 rings (SSSR count). The van der Waals surface area contributed by atoms with Crippen LogP contribution in [-0.4, -0.2) is 42.0 Å². The highest BCUT2D eigenvalue weighted by Gasteiger charge is 2.24. The molecule has 1 unspecified atom stereocenters. The molecule has 168 valence electrons. The van der Waals surface area contributed by atoms with E-state index in [1.807, 2.05) is 54.8 Å². The van der Waals surface area contributed by atoms with Crippen molar-refractivity contribution in [3.05, 3.63) is 70.2 Å². The number of rotatable bonds is 9. The first-order valence-electron chi connectivity index (χ1n) is 11.1. The van der Waals surface area contributed by atoms with E-state index in [2.05, 4.69) is 21.3 Å². The van der Waals surface area contributed by atoms with Gasteiger partial charge in [0.1, 0.15) is 10.8 Å². The van der Waals surface area contributed by atoms with Crippen LogP contribution in [0.25, 0.3) is 10.6 Å². The van der Waals surface area contributed by atoms with Crippen molar-refractivity contribution in [2.45, 2.75) is 32.2 Å². The maximum Gasteiger partial charge on any atom is 0.226 e.